The highest BCUT2D eigenvalue weighted by atomic mass is 31.2. The summed E-state index contributed by atoms with van der Waals surface area (Å²) < 4.78 is 32.8. The number of hydrogen-bond donors (Lipinski definition) is 3. The molecule has 0 fully saturated rings. The van der Waals surface area contributed by atoms with Gasteiger partial charge in [-0.25, -0.2) is 9.36 Å². The largest absolute Gasteiger partial charge is 0.485 e. The Morgan fingerprint density at radius 3 is 2.00 bits per heavy atom. The lowest BCUT2D eigenvalue weighted by molar-refractivity contribution is -0.148. The number of benzene rings is 2. The second kappa shape index (κ2) is 10.3. The van der Waals surface area contributed by atoms with Crippen LogP contribution in [0.3, 0.4) is 0 Å². The van der Waals surface area contributed by atoms with E-state index in [2.05, 4.69) is 4.52 Å². The zero-order valence-corrected chi connectivity index (χ0v) is 18.5. The molecule has 3 N–H and O–H groups in total. The monoisotopic (exact) mass is 464 g/mol. The van der Waals surface area contributed by atoms with Crippen molar-refractivity contribution in [2.24, 2.45) is 0 Å². The number of hydrogen-bond acceptors (Lipinski definition) is 7. The second-order valence-corrected chi connectivity index (χ2v) is 8.46. The number of aliphatic hydroxyl groups is 1. The number of carbonyl (C=O) groups is 1. The van der Waals surface area contributed by atoms with E-state index < -0.39 is 32.6 Å². The SMILES string of the molecule is Cc1ccccc1COC1=C(OCc2ccccc2C)[C@@H]([C@H](CO)OP(=O)(O)O)OC1=O. The number of cyclic esters (lactones) is 1. The molecule has 3 rings (SSSR count). The van der Waals surface area contributed by atoms with E-state index in [-0.39, 0.29) is 24.7 Å². The molecule has 1 aliphatic heterocycles. The van der Waals surface area contributed by atoms with Gasteiger partial charge >= 0.3 is 13.8 Å². The fourth-order valence-electron chi connectivity index (χ4n) is 3.18. The van der Waals surface area contributed by atoms with Gasteiger partial charge in [-0.2, -0.15) is 0 Å². The van der Waals surface area contributed by atoms with Gasteiger partial charge in [0.05, 0.1) is 6.61 Å². The topological polar surface area (TPSA) is 132 Å². The van der Waals surface area contributed by atoms with Crippen molar-refractivity contribution < 1.29 is 43.0 Å². The molecule has 0 aliphatic carbocycles. The summed E-state index contributed by atoms with van der Waals surface area (Å²) in [5.41, 5.74) is 3.56. The Morgan fingerprint density at radius 2 is 1.50 bits per heavy atom. The van der Waals surface area contributed by atoms with Crippen molar-refractivity contribution in [2.45, 2.75) is 39.3 Å². The molecule has 32 heavy (non-hydrogen) atoms. The average Bonchev–Trinajstić information content (AvgIpc) is 3.05. The molecule has 0 saturated carbocycles. The third kappa shape index (κ3) is 5.97. The zero-order chi connectivity index (χ0) is 23.3. The minimum atomic E-state index is -4.98. The van der Waals surface area contributed by atoms with Crippen LogP contribution in [0.4, 0.5) is 0 Å². The minimum Gasteiger partial charge on any atom is -0.485 e. The summed E-state index contributed by atoms with van der Waals surface area (Å²) in [7, 11) is -4.98. The van der Waals surface area contributed by atoms with Crippen molar-refractivity contribution in [3.05, 3.63) is 82.3 Å². The van der Waals surface area contributed by atoms with Crippen molar-refractivity contribution in [3.63, 3.8) is 0 Å². The summed E-state index contributed by atoms with van der Waals surface area (Å²) in [6, 6.07) is 14.9. The van der Waals surface area contributed by atoms with Crippen LogP contribution in [-0.2, 0) is 41.3 Å². The van der Waals surface area contributed by atoms with Crippen LogP contribution >= 0.6 is 7.82 Å². The molecule has 0 bridgehead atoms. The Hall–Kier alpha value is -2.68. The lowest BCUT2D eigenvalue weighted by atomic mass is 10.1. The van der Waals surface area contributed by atoms with Crippen LogP contribution in [-0.4, -0.2) is 39.7 Å². The van der Waals surface area contributed by atoms with E-state index in [0.717, 1.165) is 22.3 Å². The highest BCUT2D eigenvalue weighted by Gasteiger charge is 2.45. The van der Waals surface area contributed by atoms with E-state index in [4.69, 9.17) is 14.2 Å². The third-order valence-electron chi connectivity index (χ3n) is 4.97. The summed E-state index contributed by atoms with van der Waals surface area (Å²) >= 11 is 0. The predicted octanol–water partition coefficient (Wildman–Crippen LogP) is 2.64. The first kappa shape index (κ1) is 24.0. The molecule has 0 unspecified atom stereocenters. The fraction of sp³-hybridized carbons (Fsp3) is 0.318. The smallest absolute Gasteiger partial charge is 0.470 e. The molecular formula is C22H25O9P. The van der Waals surface area contributed by atoms with Gasteiger partial charge < -0.3 is 29.1 Å². The van der Waals surface area contributed by atoms with E-state index in [0.29, 0.717) is 0 Å². The molecule has 0 spiro atoms. The molecule has 1 aliphatic rings. The number of ether oxygens (including phenoxy) is 3. The third-order valence-corrected chi connectivity index (χ3v) is 5.52. The second-order valence-electron chi connectivity index (χ2n) is 7.27. The van der Waals surface area contributed by atoms with Gasteiger partial charge in [0, 0.05) is 0 Å². The van der Waals surface area contributed by atoms with Gasteiger partial charge in [-0.05, 0) is 36.1 Å². The molecule has 0 aromatic heterocycles. The number of aryl methyl sites for hydroxylation is 2. The summed E-state index contributed by atoms with van der Waals surface area (Å²) in [5, 5.41) is 9.64. The highest BCUT2D eigenvalue weighted by molar-refractivity contribution is 7.46. The quantitative estimate of drug-likeness (QED) is 0.359. The molecule has 0 saturated heterocycles. The van der Waals surface area contributed by atoms with Gasteiger partial charge in [0.15, 0.2) is 11.9 Å². The number of carbonyl (C=O) groups excluding carboxylic acids is 1. The van der Waals surface area contributed by atoms with E-state index in [1.165, 1.54) is 0 Å². The van der Waals surface area contributed by atoms with Crippen molar-refractivity contribution in [1.29, 1.82) is 0 Å². The van der Waals surface area contributed by atoms with Crippen molar-refractivity contribution in [1.82, 2.24) is 0 Å². The van der Waals surface area contributed by atoms with Gasteiger partial charge in [0.2, 0.25) is 5.76 Å². The van der Waals surface area contributed by atoms with Crippen LogP contribution in [0.5, 0.6) is 0 Å². The standard InChI is InChI=1S/C22H25O9P/c1-14-7-3-5-9-16(14)12-28-20-19(18(11-23)31-32(25,26)27)30-22(24)21(20)29-13-17-10-6-4-8-15(17)2/h3-10,18-19,23H,11-13H2,1-2H3,(H2,25,26,27)/t18-,19+/m0/s1. The molecule has 2 aromatic carbocycles. The van der Waals surface area contributed by atoms with Crippen molar-refractivity contribution in [3.8, 4) is 0 Å². The van der Waals surface area contributed by atoms with Crippen LogP contribution in [0, 0.1) is 13.8 Å². The number of rotatable bonds is 10. The Bertz CT molecular complexity index is 1040. The summed E-state index contributed by atoms with van der Waals surface area (Å²) in [4.78, 5) is 30.9. The first-order valence-electron chi connectivity index (χ1n) is 9.84. The number of phosphoric ester groups is 1. The van der Waals surface area contributed by atoms with E-state index in [1.54, 1.807) is 0 Å². The van der Waals surface area contributed by atoms with E-state index in [9.17, 15) is 24.3 Å². The predicted molar refractivity (Wildman–Crippen MR) is 113 cm³/mol. The van der Waals surface area contributed by atoms with Crippen LogP contribution in [0.15, 0.2) is 60.0 Å². The van der Waals surface area contributed by atoms with Gasteiger partial charge in [0.25, 0.3) is 0 Å². The summed E-state index contributed by atoms with van der Waals surface area (Å²) in [5.74, 6) is -1.21. The van der Waals surface area contributed by atoms with Gasteiger partial charge in [-0.3, -0.25) is 4.52 Å². The minimum absolute atomic E-state index is 0.0421. The van der Waals surface area contributed by atoms with Crippen LogP contribution < -0.4 is 0 Å². The maximum absolute atomic E-state index is 12.5. The number of phosphoric acid groups is 1. The molecule has 0 amide bonds. The van der Waals surface area contributed by atoms with Crippen LogP contribution in [0.25, 0.3) is 0 Å². The maximum atomic E-state index is 12.5. The molecular weight excluding hydrogens is 439 g/mol. The summed E-state index contributed by atoms with van der Waals surface area (Å²) in [6.45, 7) is 3.05. The number of esters is 1. The molecule has 0 radical (unpaired) electrons. The van der Waals surface area contributed by atoms with Gasteiger partial charge in [-0.15, -0.1) is 0 Å². The Morgan fingerprint density at radius 1 is 0.969 bits per heavy atom. The lowest BCUT2D eigenvalue weighted by Gasteiger charge is -2.23. The Kier molecular flexibility index (Phi) is 7.71. The average molecular weight is 464 g/mol. The van der Waals surface area contributed by atoms with Gasteiger partial charge in [0.1, 0.15) is 19.3 Å². The molecule has 10 heteroatoms. The van der Waals surface area contributed by atoms with Gasteiger partial charge in [-0.1, -0.05) is 48.5 Å². The van der Waals surface area contributed by atoms with Crippen LogP contribution in [0.1, 0.15) is 22.3 Å². The Labute approximate surface area is 185 Å². The summed E-state index contributed by atoms with van der Waals surface area (Å²) in [6.07, 6.45) is -2.94. The molecule has 2 aromatic rings. The van der Waals surface area contributed by atoms with Crippen LogP contribution in [0.2, 0.25) is 0 Å². The number of aliphatic hydroxyl groups excluding tert-OH is 1. The first-order valence-corrected chi connectivity index (χ1v) is 11.4. The Balaban J connectivity index is 1.90. The molecule has 9 nitrogen and oxygen atoms in total. The maximum Gasteiger partial charge on any atom is 0.470 e. The van der Waals surface area contributed by atoms with E-state index >= 15 is 0 Å². The van der Waals surface area contributed by atoms with Crippen molar-refractivity contribution in [2.75, 3.05) is 6.61 Å². The fourth-order valence-corrected chi connectivity index (χ4v) is 3.71. The molecule has 172 valence electrons. The normalized spacial score (nSPS) is 17.3. The van der Waals surface area contributed by atoms with E-state index in [1.807, 2.05) is 62.4 Å². The first-order chi connectivity index (χ1) is 15.2. The lowest BCUT2D eigenvalue weighted by Crippen LogP contribution is -2.34. The molecule has 1 heterocycles. The molecule has 2 atom stereocenters. The zero-order valence-electron chi connectivity index (χ0n) is 17.6. The van der Waals surface area contributed by atoms with Crippen molar-refractivity contribution >= 4 is 13.8 Å². The highest BCUT2D eigenvalue weighted by Crippen LogP contribution is 2.41.